The Balaban J connectivity index is 1.57. The zero-order valence-corrected chi connectivity index (χ0v) is 31.0. The molecule has 4 aromatic carbocycles. The van der Waals surface area contributed by atoms with Crippen molar-refractivity contribution in [3.05, 3.63) is 114 Å². The van der Waals surface area contributed by atoms with Crippen LogP contribution in [0.4, 0.5) is 4.79 Å². The second-order valence-electron chi connectivity index (χ2n) is 13.4. The molecule has 2 atom stereocenters. The lowest BCUT2D eigenvalue weighted by molar-refractivity contribution is -0.179. The van der Waals surface area contributed by atoms with Gasteiger partial charge in [0, 0.05) is 32.7 Å². The second kappa shape index (κ2) is 19.6. The van der Waals surface area contributed by atoms with E-state index in [1.165, 1.54) is 0 Å². The molecule has 278 valence electrons. The third-order valence-corrected chi connectivity index (χ3v) is 8.14. The van der Waals surface area contributed by atoms with Crippen molar-refractivity contribution in [3.63, 3.8) is 0 Å². The number of hydroxylamine groups is 1. The maximum Gasteiger partial charge on any atom is 0.338 e. The number of carbonyl (C=O) groups excluding carboxylic acids is 3. The fourth-order valence-corrected chi connectivity index (χ4v) is 5.74. The topological polar surface area (TPSA) is 127 Å². The monoisotopic (exact) mass is 712 g/mol. The minimum Gasteiger partial charge on any atom is -0.488 e. The molecule has 4 rings (SSSR count). The van der Waals surface area contributed by atoms with Crippen molar-refractivity contribution in [3.8, 4) is 5.75 Å². The van der Waals surface area contributed by atoms with E-state index in [1.54, 1.807) is 4.90 Å². The first-order chi connectivity index (χ1) is 25.0. The minimum atomic E-state index is -1.00. The molecule has 0 saturated carbocycles. The molecule has 3 N–H and O–H groups in total. The van der Waals surface area contributed by atoms with Crippen LogP contribution in [-0.4, -0.2) is 66.5 Å². The smallest absolute Gasteiger partial charge is 0.338 e. The number of rotatable bonds is 18. The number of nitrogens with one attached hydrogen (secondary N) is 3. The summed E-state index contributed by atoms with van der Waals surface area (Å²) in [6, 6.07) is 28.7. The first-order valence-corrected chi connectivity index (χ1v) is 17.7. The van der Waals surface area contributed by atoms with Crippen LogP contribution in [0.2, 0.25) is 0 Å². The predicted molar refractivity (Wildman–Crippen MR) is 201 cm³/mol. The average molecular weight is 713 g/mol. The lowest BCUT2D eigenvalue weighted by Crippen LogP contribution is -2.55. The van der Waals surface area contributed by atoms with E-state index in [0.717, 1.165) is 27.5 Å². The van der Waals surface area contributed by atoms with Crippen molar-refractivity contribution in [1.29, 1.82) is 0 Å². The van der Waals surface area contributed by atoms with Crippen LogP contribution in [0.25, 0.3) is 10.8 Å². The van der Waals surface area contributed by atoms with Gasteiger partial charge in [0.25, 0.3) is 0 Å². The number of nitrogens with zero attached hydrogens (tertiary/aromatic N) is 1. The second-order valence-corrected chi connectivity index (χ2v) is 13.4. The van der Waals surface area contributed by atoms with Gasteiger partial charge in [-0.15, -0.1) is 0 Å². The standard InChI is InChI=1S/C41H52N4O7/c1-7-49-39(50-8-2)29(3)45(27-33-19-14-18-32-17-12-13-20-35(32)33)38(47)36(25-30-21-23-34(24-22-30)52-41(4,5)6)43-37(46)28-51-44-40(48)42-26-31-15-10-9-11-16-31/h9-24,29,36,39H,7-8,25-28H2,1-6H3,(H,43,46)(H2,42,44,48). The summed E-state index contributed by atoms with van der Waals surface area (Å²) in [6.45, 7) is 12.3. The number of carbonyl (C=O) groups is 3. The van der Waals surface area contributed by atoms with Gasteiger partial charge in [-0.1, -0.05) is 84.9 Å². The van der Waals surface area contributed by atoms with Crippen LogP contribution in [0.3, 0.4) is 0 Å². The quantitative estimate of drug-likeness (QED) is 0.0818. The Hall–Kier alpha value is -4.97. The molecule has 0 spiro atoms. The molecule has 4 aromatic rings. The third kappa shape index (κ3) is 12.4. The van der Waals surface area contributed by atoms with E-state index >= 15 is 0 Å². The fraction of sp³-hybridized carbons (Fsp3) is 0.390. The van der Waals surface area contributed by atoms with E-state index in [9.17, 15) is 14.4 Å². The predicted octanol–water partition coefficient (Wildman–Crippen LogP) is 6.29. The zero-order chi connectivity index (χ0) is 37.5. The van der Waals surface area contributed by atoms with Gasteiger partial charge in [-0.3, -0.25) is 14.4 Å². The number of urea groups is 1. The van der Waals surface area contributed by atoms with Crippen LogP contribution in [-0.2, 0) is 43.4 Å². The highest BCUT2D eigenvalue weighted by atomic mass is 16.7. The molecular formula is C41H52N4O7. The fourth-order valence-electron chi connectivity index (χ4n) is 5.74. The Bertz CT molecular complexity index is 1720. The molecule has 0 aliphatic rings. The molecule has 0 aliphatic heterocycles. The summed E-state index contributed by atoms with van der Waals surface area (Å²) in [7, 11) is 0. The van der Waals surface area contributed by atoms with Crippen LogP contribution in [0.5, 0.6) is 5.75 Å². The van der Waals surface area contributed by atoms with Crippen molar-refractivity contribution in [1.82, 2.24) is 21.0 Å². The lowest BCUT2D eigenvalue weighted by Gasteiger charge is -2.37. The van der Waals surface area contributed by atoms with Gasteiger partial charge in [-0.05, 0) is 81.1 Å². The molecule has 0 aliphatic carbocycles. The number of ether oxygens (including phenoxy) is 3. The molecule has 4 amide bonds. The summed E-state index contributed by atoms with van der Waals surface area (Å²) in [6.07, 6.45) is -0.529. The number of hydrogen-bond acceptors (Lipinski definition) is 7. The summed E-state index contributed by atoms with van der Waals surface area (Å²) < 4.78 is 17.9. The van der Waals surface area contributed by atoms with Crippen LogP contribution < -0.4 is 20.9 Å². The number of benzene rings is 4. The average Bonchev–Trinajstić information content (AvgIpc) is 3.12. The molecule has 0 bridgehead atoms. The van der Waals surface area contributed by atoms with Crippen molar-refractivity contribution in [2.24, 2.45) is 0 Å². The Labute approximate surface area is 306 Å². The van der Waals surface area contributed by atoms with Crippen LogP contribution in [0.1, 0.15) is 58.2 Å². The van der Waals surface area contributed by atoms with Gasteiger partial charge in [-0.25, -0.2) is 10.3 Å². The van der Waals surface area contributed by atoms with E-state index < -0.39 is 36.9 Å². The summed E-state index contributed by atoms with van der Waals surface area (Å²) >= 11 is 0. The van der Waals surface area contributed by atoms with Crippen molar-refractivity contribution in [2.75, 3.05) is 19.8 Å². The lowest BCUT2D eigenvalue weighted by atomic mass is 10.0. The van der Waals surface area contributed by atoms with Gasteiger partial charge in [0.2, 0.25) is 11.8 Å². The largest absolute Gasteiger partial charge is 0.488 e. The van der Waals surface area contributed by atoms with E-state index in [1.807, 2.05) is 139 Å². The van der Waals surface area contributed by atoms with Gasteiger partial charge in [0.05, 0.1) is 6.04 Å². The summed E-state index contributed by atoms with van der Waals surface area (Å²) in [5.74, 6) is -0.226. The summed E-state index contributed by atoms with van der Waals surface area (Å²) in [4.78, 5) is 47.4. The Kier molecular flexibility index (Phi) is 15.0. The number of amides is 4. The van der Waals surface area contributed by atoms with Crippen LogP contribution >= 0.6 is 0 Å². The van der Waals surface area contributed by atoms with Crippen LogP contribution in [0.15, 0.2) is 97.1 Å². The summed E-state index contributed by atoms with van der Waals surface area (Å²) in [5, 5.41) is 7.61. The number of hydrogen-bond donors (Lipinski definition) is 3. The Morgan fingerprint density at radius 1 is 0.788 bits per heavy atom. The van der Waals surface area contributed by atoms with E-state index in [0.29, 0.717) is 19.0 Å². The molecule has 0 heterocycles. The van der Waals surface area contributed by atoms with Gasteiger partial charge in [0.15, 0.2) is 12.9 Å². The maximum atomic E-state index is 14.8. The van der Waals surface area contributed by atoms with E-state index in [4.69, 9.17) is 19.0 Å². The summed E-state index contributed by atoms with van der Waals surface area (Å²) in [5.41, 5.74) is 4.52. The molecule has 52 heavy (non-hydrogen) atoms. The molecule has 0 aromatic heterocycles. The molecular weight excluding hydrogens is 660 g/mol. The highest BCUT2D eigenvalue weighted by Gasteiger charge is 2.34. The maximum absolute atomic E-state index is 14.8. The molecule has 2 unspecified atom stereocenters. The Morgan fingerprint density at radius 2 is 1.44 bits per heavy atom. The van der Waals surface area contributed by atoms with Gasteiger partial charge in [0.1, 0.15) is 17.4 Å². The molecule has 0 fully saturated rings. The number of fused-ring (bicyclic) bond motifs is 1. The third-order valence-electron chi connectivity index (χ3n) is 8.14. The first-order valence-electron chi connectivity index (χ1n) is 17.7. The highest BCUT2D eigenvalue weighted by molar-refractivity contribution is 5.90. The van der Waals surface area contributed by atoms with E-state index in [2.05, 4.69) is 16.1 Å². The normalized spacial score (nSPS) is 12.6. The van der Waals surface area contributed by atoms with Crippen molar-refractivity contribution < 1.29 is 33.4 Å². The van der Waals surface area contributed by atoms with Gasteiger partial charge in [-0.2, -0.15) is 0 Å². The van der Waals surface area contributed by atoms with Crippen molar-refractivity contribution >= 4 is 28.6 Å². The van der Waals surface area contributed by atoms with E-state index in [-0.39, 0.29) is 31.0 Å². The molecule has 11 heteroatoms. The minimum absolute atomic E-state index is 0.179. The highest BCUT2D eigenvalue weighted by Crippen LogP contribution is 2.24. The Morgan fingerprint density at radius 3 is 2.12 bits per heavy atom. The zero-order valence-electron chi connectivity index (χ0n) is 31.0. The van der Waals surface area contributed by atoms with Gasteiger partial charge >= 0.3 is 6.03 Å². The molecule has 11 nitrogen and oxygen atoms in total. The van der Waals surface area contributed by atoms with Gasteiger partial charge < -0.3 is 29.7 Å². The SMILES string of the molecule is CCOC(OCC)C(C)N(Cc1cccc2ccccc12)C(=O)C(Cc1ccc(OC(C)(C)C)cc1)NC(=O)CONC(=O)NCc1ccccc1. The molecule has 0 saturated heterocycles. The molecule has 0 radical (unpaired) electrons. The van der Waals surface area contributed by atoms with Crippen LogP contribution in [0, 0.1) is 0 Å². The van der Waals surface area contributed by atoms with Crippen molar-refractivity contribution in [2.45, 2.75) is 85.0 Å². The first kappa shape index (κ1) is 39.8.